The Labute approximate surface area is 166 Å². The van der Waals surface area contributed by atoms with Crippen molar-refractivity contribution >= 4 is 16.8 Å². The second-order valence-corrected chi connectivity index (χ2v) is 6.58. The minimum Gasteiger partial charge on any atom is -0.496 e. The number of benzene rings is 2. The maximum atomic E-state index is 13.4. The van der Waals surface area contributed by atoms with E-state index >= 15 is 0 Å². The second-order valence-electron chi connectivity index (χ2n) is 6.58. The number of carbonyl (C=O) groups is 1. The van der Waals surface area contributed by atoms with Crippen LogP contribution < -0.4 is 10.1 Å². The van der Waals surface area contributed by atoms with Crippen molar-refractivity contribution in [2.45, 2.75) is 13.5 Å². The number of fused-ring (bicyclic) bond motifs is 1. The Bertz CT molecular complexity index is 1200. The molecular formula is C22H18FN3O3. The molecule has 0 fully saturated rings. The van der Waals surface area contributed by atoms with Crippen LogP contribution in [0.2, 0.25) is 0 Å². The molecule has 146 valence electrons. The van der Waals surface area contributed by atoms with Gasteiger partial charge in [0.25, 0.3) is 5.91 Å². The average Bonchev–Trinajstić information content (AvgIpc) is 3.21. The average molecular weight is 391 g/mol. The van der Waals surface area contributed by atoms with Gasteiger partial charge in [0.1, 0.15) is 11.6 Å². The highest BCUT2D eigenvalue weighted by molar-refractivity contribution is 5.97. The van der Waals surface area contributed by atoms with E-state index < -0.39 is 5.82 Å². The van der Waals surface area contributed by atoms with Crippen LogP contribution in [0.5, 0.6) is 5.75 Å². The molecule has 0 saturated carbocycles. The monoisotopic (exact) mass is 391 g/mol. The largest absolute Gasteiger partial charge is 0.496 e. The second kappa shape index (κ2) is 7.71. The zero-order valence-electron chi connectivity index (χ0n) is 15.9. The molecule has 2 aromatic heterocycles. The lowest BCUT2D eigenvalue weighted by atomic mass is 10.1. The first kappa shape index (κ1) is 18.6. The number of aryl methyl sites for hydroxylation is 1. The van der Waals surface area contributed by atoms with Crippen molar-refractivity contribution in [1.29, 1.82) is 0 Å². The number of halogens is 1. The standard InChI is InChI=1S/C22H18FN3O3/c1-13-7-15(4-6-19(13)28-2)21-20(26-12-29-21)22(27)25-10-14-3-5-18-16(8-14)9-17(23)11-24-18/h3-9,11-12H,10H2,1-2H3,(H,25,27). The molecule has 0 unspecified atom stereocenters. The van der Waals surface area contributed by atoms with Gasteiger partial charge in [-0.1, -0.05) is 6.07 Å². The van der Waals surface area contributed by atoms with E-state index in [0.29, 0.717) is 16.7 Å². The topological polar surface area (TPSA) is 77.2 Å². The number of carbonyl (C=O) groups excluding carboxylic acids is 1. The number of pyridine rings is 1. The van der Waals surface area contributed by atoms with Crippen LogP contribution in [0.15, 0.2) is 59.5 Å². The molecule has 7 heteroatoms. The van der Waals surface area contributed by atoms with Crippen molar-refractivity contribution in [3.63, 3.8) is 0 Å². The highest BCUT2D eigenvalue weighted by Gasteiger charge is 2.19. The van der Waals surface area contributed by atoms with Crippen LogP contribution >= 0.6 is 0 Å². The molecule has 6 nitrogen and oxygen atoms in total. The fourth-order valence-corrected chi connectivity index (χ4v) is 3.16. The third-order valence-corrected chi connectivity index (χ3v) is 4.60. The maximum absolute atomic E-state index is 13.4. The maximum Gasteiger partial charge on any atom is 0.274 e. The third-order valence-electron chi connectivity index (χ3n) is 4.60. The fourth-order valence-electron chi connectivity index (χ4n) is 3.16. The van der Waals surface area contributed by atoms with Gasteiger partial charge in [-0.25, -0.2) is 9.37 Å². The molecule has 0 spiro atoms. The molecule has 2 aromatic carbocycles. The van der Waals surface area contributed by atoms with E-state index in [4.69, 9.17) is 9.15 Å². The number of hydrogen-bond acceptors (Lipinski definition) is 5. The van der Waals surface area contributed by atoms with Crippen molar-refractivity contribution in [3.8, 4) is 17.1 Å². The number of nitrogens with zero attached hydrogens (tertiary/aromatic N) is 2. The van der Waals surface area contributed by atoms with Crippen molar-refractivity contribution in [2.75, 3.05) is 7.11 Å². The zero-order valence-corrected chi connectivity index (χ0v) is 15.9. The van der Waals surface area contributed by atoms with Gasteiger partial charge in [0.2, 0.25) is 0 Å². The molecule has 4 aromatic rings. The first-order valence-electron chi connectivity index (χ1n) is 8.96. The molecule has 1 N–H and O–H groups in total. The van der Waals surface area contributed by atoms with Crippen LogP contribution in [0.3, 0.4) is 0 Å². The number of nitrogens with one attached hydrogen (secondary N) is 1. The number of oxazole rings is 1. The van der Waals surface area contributed by atoms with Gasteiger partial charge in [0.15, 0.2) is 17.8 Å². The molecular weight excluding hydrogens is 373 g/mol. The lowest BCUT2D eigenvalue weighted by molar-refractivity contribution is 0.0947. The Morgan fingerprint density at radius 1 is 1.17 bits per heavy atom. The number of amides is 1. The summed E-state index contributed by atoms with van der Waals surface area (Å²) in [7, 11) is 1.60. The Hall–Kier alpha value is -3.74. The smallest absolute Gasteiger partial charge is 0.274 e. The van der Waals surface area contributed by atoms with Crippen LogP contribution in [0.4, 0.5) is 4.39 Å². The summed E-state index contributed by atoms with van der Waals surface area (Å²) in [4.78, 5) is 20.8. The molecule has 4 rings (SSSR count). The summed E-state index contributed by atoms with van der Waals surface area (Å²) in [5.74, 6) is 0.375. The summed E-state index contributed by atoms with van der Waals surface area (Å²) >= 11 is 0. The van der Waals surface area contributed by atoms with Crippen LogP contribution in [0, 0.1) is 12.7 Å². The Morgan fingerprint density at radius 3 is 2.83 bits per heavy atom. The predicted molar refractivity (Wildman–Crippen MR) is 106 cm³/mol. The van der Waals surface area contributed by atoms with Crippen LogP contribution in [0.25, 0.3) is 22.2 Å². The molecule has 0 saturated heterocycles. The Morgan fingerprint density at radius 2 is 2.03 bits per heavy atom. The van der Waals surface area contributed by atoms with Crippen LogP contribution in [-0.2, 0) is 6.54 Å². The highest BCUT2D eigenvalue weighted by atomic mass is 19.1. The fraction of sp³-hybridized carbons (Fsp3) is 0.136. The van der Waals surface area contributed by atoms with Gasteiger partial charge in [0.05, 0.1) is 18.8 Å². The van der Waals surface area contributed by atoms with E-state index in [1.807, 2.05) is 31.2 Å². The predicted octanol–water partition coefficient (Wildman–Crippen LogP) is 4.28. The summed E-state index contributed by atoms with van der Waals surface area (Å²) in [5.41, 5.74) is 3.37. The summed E-state index contributed by atoms with van der Waals surface area (Å²) < 4.78 is 24.1. The van der Waals surface area contributed by atoms with Gasteiger partial charge >= 0.3 is 0 Å². The molecule has 2 heterocycles. The van der Waals surface area contributed by atoms with Gasteiger partial charge in [-0.2, -0.15) is 0 Å². The van der Waals surface area contributed by atoms with E-state index in [1.54, 1.807) is 19.2 Å². The minimum absolute atomic E-state index is 0.197. The SMILES string of the molecule is COc1ccc(-c2ocnc2C(=O)NCc2ccc3ncc(F)cc3c2)cc1C. The lowest BCUT2D eigenvalue weighted by Gasteiger charge is -2.08. The lowest BCUT2D eigenvalue weighted by Crippen LogP contribution is -2.23. The number of methoxy groups -OCH3 is 1. The van der Waals surface area contributed by atoms with E-state index in [0.717, 1.165) is 22.4 Å². The molecule has 0 aliphatic rings. The molecule has 1 amide bonds. The Kier molecular flexibility index (Phi) is 4.95. The normalized spacial score (nSPS) is 10.9. The van der Waals surface area contributed by atoms with Gasteiger partial charge < -0.3 is 14.5 Å². The molecule has 0 aliphatic carbocycles. The van der Waals surface area contributed by atoms with Crippen molar-refractivity contribution in [1.82, 2.24) is 15.3 Å². The van der Waals surface area contributed by atoms with Crippen LogP contribution in [-0.4, -0.2) is 23.0 Å². The first-order valence-corrected chi connectivity index (χ1v) is 8.96. The van der Waals surface area contributed by atoms with Gasteiger partial charge in [-0.15, -0.1) is 0 Å². The third kappa shape index (κ3) is 3.80. The van der Waals surface area contributed by atoms with E-state index in [2.05, 4.69) is 15.3 Å². The number of rotatable bonds is 5. The highest BCUT2D eigenvalue weighted by Crippen LogP contribution is 2.28. The summed E-state index contributed by atoms with van der Waals surface area (Å²) in [6, 6.07) is 12.3. The quantitative estimate of drug-likeness (QED) is 0.550. The first-order chi connectivity index (χ1) is 14.0. The molecule has 0 atom stereocenters. The molecule has 0 radical (unpaired) electrons. The van der Waals surface area contributed by atoms with Crippen molar-refractivity contribution < 1.29 is 18.3 Å². The van der Waals surface area contributed by atoms with E-state index in [-0.39, 0.29) is 18.1 Å². The molecule has 0 bridgehead atoms. The zero-order chi connectivity index (χ0) is 20.4. The summed E-state index contributed by atoms with van der Waals surface area (Å²) in [6.45, 7) is 2.18. The Balaban J connectivity index is 1.53. The van der Waals surface area contributed by atoms with Crippen LogP contribution in [0.1, 0.15) is 21.6 Å². The number of hydrogen-bond donors (Lipinski definition) is 1. The van der Waals surface area contributed by atoms with Gasteiger partial charge in [-0.05, 0) is 54.4 Å². The summed E-state index contributed by atoms with van der Waals surface area (Å²) in [5, 5.41) is 3.50. The van der Waals surface area contributed by atoms with Gasteiger partial charge in [-0.3, -0.25) is 9.78 Å². The van der Waals surface area contributed by atoms with Crippen molar-refractivity contribution in [3.05, 3.63) is 77.7 Å². The summed E-state index contributed by atoms with van der Waals surface area (Å²) in [6.07, 6.45) is 2.42. The van der Waals surface area contributed by atoms with Crippen molar-refractivity contribution in [2.24, 2.45) is 0 Å². The molecule has 0 aliphatic heterocycles. The number of aromatic nitrogens is 2. The van der Waals surface area contributed by atoms with E-state index in [1.165, 1.54) is 18.7 Å². The number of ether oxygens (including phenoxy) is 1. The van der Waals surface area contributed by atoms with Gasteiger partial charge in [0, 0.05) is 17.5 Å². The van der Waals surface area contributed by atoms with E-state index in [9.17, 15) is 9.18 Å². The minimum atomic E-state index is -0.402. The molecule has 29 heavy (non-hydrogen) atoms.